The molecule has 5 nitrogen and oxygen atoms in total. The van der Waals surface area contributed by atoms with E-state index in [1.807, 2.05) is 44.2 Å². The lowest BCUT2D eigenvalue weighted by molar-refractivity contribution is -0.152. The molecule has 0 aliphatic carbocycles. The molecule has 1 aliphatic heterocycles. The van der Waals surface area contributed by atoms with E-state index in [0.29, 0.717) is 13.2 Å². The summed E-state index contributed by atoms with van der Waals surface area (Å²) >= 11 is 0. The van der Waals surface area contributed by atoms with Crippen LogP contribution in [0.4, 0.5) is 0 Å². The highest BCUT2D eigenvalue weighted by Crippen LogP contribution is 2.26. The summed E-state index contributed by atoms with van der Waals surface area (Å²) in [5.41, 5.74) is 1.05. The highest BCUT2D eigenvalue weighted by Gasteiger charge is 2.37. The van der Waals surface area contributed by atoms with Gasteiger partial charge in [-0.05, 0) is 25.5 Å². The number of hydrogen-bond acceptors (Lipinski definition) is 5. The summed E-state index contributed by atoms with van der Waals surface area (Å²) in [6.07, 6.45) is 2.36. The molecule has 0 N–H and O–H groups in total. The monoisotopic (exact) mass is 306 g/mol. The van der Waals surface area contributed by atoms with Gasteiger partial charge >= 0.3 is 5.97 Å². The predicted molar refractivity (Wildman–Crippen MR) is 81.1 cm³/mol. The fraction of sp³-hybridized carbons (Fsp3) is 0.471. The number of carbonyl (C=O) groups is 1. The van der Waals surface area contributed by atoms with E-state index >= 15 is 0 Å². The van der Waals surface area contributed by atoms with Crippen molar-refractivity contribution in [2.45, 2.75) is 38.4 Å². The molecule has 0 unspecified atom stereocenters. The van der Waals surface area contributed by atoms with E-state index in [2.05, 4.69) is 4.74 Å². The Morgan fingerprint density at radius 2 is 2.14 bits per heavy atom. The second kappa shape index (κ2) is 7.54. The summed E-state index contributed by atoms with van der Waals surface area (Å²) in [5, 5.41) is 0. The zero-order valence-corrected chi connectivity index (χ0v) is 13.2. The number of hydrogen-bond donors (Lipinski definition) is 0. The molecule has 0 spiro atoms. The summed E-state index contributed by atoms with van der Waals surface area (Å²) in [4.78, 5) is 11.3. The Labute approximate surface area is 130 Å². The van der Waals surface area contributed by atoms with Gasteiger partial charge in [-0.15, -0.1) is 0 Å². The van der Waals surface area contributed by atoms with Crippen LogP contribution in [-0.4, -0.2) is 37.7 Å². The number of methoxy groups -OCH3 is 1. The Morgan fingerprint density at radius 1 is 1.41 bits per heavy atom. The minimum absolute atomic E-state index is 0.264. The van der Waals surface area contributed by atoms with E-state index in [9.17, 15) is 4.79 Å². The molecule has 5 heteroatoms. The molecule has 120 valence electrons. The molecule has 0 aromatic heterocycles. The van der Waals surface area contributed by atoms with Gasteiger partial charge in [-0.2, -0.15) is 0 Å². The standard InChI is InChI=1S/C17H22O5/c1-17(2)21-12-15(22-17)14(9-10-16(18)19-3)20-11-13-7-5-4-6-8-13/h4-10,14-15H,11-12H2,1-3H3/b10-9+/t14-,15-/m0/s1. The fourth-order valence-corrected chi connectivity index (χ4v) is 2.17. The van der Waals surface area contributed by atoms with E-state index in [1.54, 1.807) is 6.08 Å². The molecule has 1 aromatic carbocycles. The maximum absolute atomic E-state index is 11.3. The molecule has 1 aliphatic rings. The first kappa shape index (κ1) is 16.7. The average Bonchev–Trinajstić information content (AvgIpc) is 2.88. The average molecular weight is 306 g/mol. The Bertz CT molecular complexity index is 509. The van der Waals surface area contributed by atoms with Gasteiger partial charge in [0.05, 0.1) is 20.3 Å². The Hall–Kier alpha value is -1.69. The third kappa shape index (κ3) is 4.94. The number of carbonyl (C=O) groups excluding carboxylic acids is 1. The molecule has 1 heterocycles. The maximum Gasteiger partial charge on any atom is 0.330 e. The molecule has 1 aromatic rings. The van der Waals surface area contributed by atoms with Gasteiger partial charge in [-0.25, -0.2) is 4.79 Å². The van der Waals surface area contributed by atoms with Crippen molar-refractivity contribution in [3.63, 3.8) is 0 Å². The van der Waals surface area contributed by atoms with Crippen LogP contribution in [0.5, 0.6) is 0 Å². The quantitative estimate of drug-likeness (QED) is 0.597. The van der Waals surface area contributed by atoms with Crippen LogP contribution in [0.2, 0.25) is 0 Å². The minimum Gasteiger partial charge on any atom is -0.466 e. The Kier molecular flexibility index (Phi) is 5.71. The van der Waals surface area contributed by atoms with Crippen LogP contribution in [0, 0.1) is 0 Å². The lowest BCUT2D eigenvalue weighted by atomic mass is 10.2. The second-order valence-corrected chi connectivity index (χ2v) is 5.51. The van der Waals surface area contributed by atoms with Crippen LogP contribution in [0.1, 0.15) is 19.4 Å². The van der Waals surface area contributed by atoms with Gasteiger partial charge in [0, 0.05) is 6.08 Å². The van der Waals surface area contributed by atoms with E-state index < -0.39 is 11.8 Å². The molecule has 0 amide bonds. The normalized spacial score (nSPS) is 21.9. The number of benzene rings is 1. The fourth-order valence-electron chi connectivity index (χ4n) is 2.17. The second-order valence-electron chi connectivity index (χ2n) is 5.51. The van der Waals surface area contributed by atoms with Crippen LogP contribution in [-0.2, 0) is 30.3 Å². The van der Waals surface area contributed by atoms with Crippen LogP contribution < -0.4 is 0 Å². The van der Waals surface area contributed by atoms with E-state index in [0.717, 1.165) is 5.56 Å². The van der Waals surface area contributed by atoms with Crippen molar-refractivity contribution < 1.29 is 23.7 Å². The smallest absolute Gasteiger partial charge is 0.330 e. The zero-order chi connectivity index (χ0) is 16.0. The van der Waals surface area contributed by atoms with Crippen molar-refractivity contribution >= 4 is 5.97 Å². The van der Waals surface area contributed by atoms with E-state index in [-0.39, 0.29) is 12.2 Å². The number of rotatable bonds is 6. The van der Waals surface area contributed by atoms with Gasteiger partial charge in [0.25, 0.3) is 0 Å². The van der Waals surface area contributed by atoms with E-state index in [1.165, 1.54) is 13.2 Å². The molecular weight excluding hydrogens is 284 g/mol. The molecule has 1 saturated heterocycles. The van der Waals surface area contributed by atoms with Crippen LogP contribution in [0.3, 0.4) is 0 Å². The van der Waals surface area contributed by atoms with Gasteiger partial charge in [-0.3, -0.25) is 0 Å². The first-order valence-corrected chi connectivity index (χ1v) is 7.23. The highest BCUT2D eigenvalue weighted by molar-refractivity contribution is 5.81. The van der Waals surface area contributed by atoms with Crippen molar-refractivity contribution in [3.8, 4) is 0 Å². The van der Waals surface area contributed by atoms with Gasteiger partial charge in [0.1, 0.15) is 12.2 Å². The first-order valence-electron chi connectivity index (χ1n) is 7.23. The molecule has 2 atom stereocenters. The Morgan fingerprint density at radius 3 is 2.73 bits per heavy atom. The summed E-state index contributed by atoms with van der Waals surface area (Å²) in [6.45, 7) is 4.55. The molecule has 0 radical (unpaired) electrons. The molecular formula is C17H22O5. The molecule has 1 fully saturated rings. The highest BCUT2D eigenvalue weighted by atomic mass is 16.7. The molecule has 0 bridgehead atoms. The first-order chi connectivity index (χ1) is 10.5. The maximum atomic E-state index is 11.3. The number of esters is 1. The lowest BCUT2D eigenvalue weighted by Gasteiger charge is -2.22. The third-order valence-electron chi connectivity index (χ3n) is 3.31. The number of ether oxygens (including phenoxy) is 4. The van der Waals surface area contributed by atoms with Crippen LogP contribution >= 0.6 is 0 Å². The van der Waals surface area contributed by atoms with Crippen molar-refractivity contribution in [2.24, 2.45) is 0 Å². The van der Waals surface area contributed by atoms with E-state index in [4.69, 9.17) is 14.2 Å². The van der Waals surface area contributed by atoms with Gasteiger partial charge < -0.3 is 18.9 Å². The SMILES string of the molecule is COC(=O)/C=C/[C@H](OCc1ccccc1)[C@@H]1COC(C)(C)O1. The summed E-state index contributed by atoms with van der Waals surface area (Å²) < 4.78 is 21.9. The van der Waals surface area contributed by atoms with Crippen LogP contribution in [0.15, 0.2) is 42.5 Å². The zero-order valence-electron chi connectivity index (χ0n) is 13.2. The molecule has 22 heavy (non-hydrogen) atoms. The summed E-state index contributed by atoms with van der Waals surface area (Å²) in [5.74, 6) is -1.07. The minimum atomic E-state index is -0.641. The molecule has 2 rings (SSSR count). The van der Waals surface area contributed by atoms with Crippen molar-refractivity contribution in [1.82, 2.24) is 0 Å². The largest absolute Gasteiger partial charge is 0.466 e. The van der Waals surface area contributed by atoms with Gasteiger partial charge in [0.2, 0.25) is 0 Å². The third-order valence-corrected chi connectivity index (χ3v) is 3.31. The topological polar surface area (TPSA) is 54.0 Å². The van der Waals surface area contributed by atoms with Crippen molar-refractivity contribution in [1.29, 1.82) is 0 Å². The Balaban J connectivity index is 2.01. The van der Waals surface area contributed by atoms with Gasteiger partial charge in [0.15, 0.2) is 5.79 Å². The lowest BCUT2D eigenvalue weighted by Crippen LogP contribution is -2.31. The van der Waals surface area contributed by atoms with Crippen molar-refractivity contribution in [3.05, 3.63) is 48.0 Å². The van der Waals surface area contributed by atoms with Gasteiger partial charge in [-0.1, -0.05) is 30.3 Å². The van der Waals surface area contributed by atoms with Crippen molar-refractivity contribution in [2.75, 3.05) is 13.7 Å². The predicted octanol–water partition coefficient (Wildman–Crippen LogP) is 2.45. The summed E-state index contributed by atoms with van der Waals surface area (Å²) in [7, 11) is 1.34. The molecule has 0 saturated carbocycles. The van der Waals surface area contributed by atoms with Crippen LogP contribution in [0.25, 0.3) is 0 Å². The summed E-state index contributed by atoms with van der Waals surface area (Å²) in [6, 6.07) is 9.83.